The van der Waals surface area contributed by atoms with Crippen LogP contribution in [0.1, 0.15) is 6.92 Å². The lowest BCUT2D eigenvalue weighted by Gasteiger charge is -2.02. The molecule has 0 aromatic heterocycles. The molecule has 3 N–H and O–H groups in total. The Labute approximate surface area is 87.7 Å². The van der Waals surface area contributed by atoms with Crippen LogP contribution in [-0.2, 0) is 10.4 Å². The van der Waals surface area contributed by atoms with Crippen molar-refractivity contribution in [2.75, 3.05) is 6.61 Å². The van der Waals surface area contributed by atoms with Crippen molar-refractivity contribution in [2.45, 2.75) is 6.92 Å². The second kappa shape index (κ2) is 6.23. The Morgan fingerprint density at radius 2 is 1.73 bits per heavy atom. The van der Waals surface area contributed by atoms with Crippen LogP contribution >= 0.6 is 0 Å². The van der Waals surface area contributed by atoms with Gasteiger partial charge in [0.05, 0.1) is 6.61 Å². The van der Waals surface area contributed by atoms with Crippen LogP contribution in [0.4, 0.5) is 0 Å². The molecule has 1 aromatic carbocycles. The lowest BCUT2D eigenvalue weighted by Crippen LogP contribution is -1.90. The van der Waals surface area contributed by atoms with Gasteiger partial charge in [0.15, 0.2) is 11.5 Å². The van der Waals surface area contributed by atoms with E-state index in [-0.39, 0.29) is 5.75 Å². The van der Waals surface area contributed by atoms with Crippen molar-refractivity contribution in [1.82, 2.24) is 0 Å². The molecule has 0 fully saturated rings. The van der Waals surface area contributed by atoms with Gasteiger partial charge >= 0.3 is 10.4 Å². The minimum absolute atomic E-state index is 0.198. The number of hydrogen-bond acceptors (Lipinski definition) is 4. The first kappa shape index (κ1) is 13.7. The summed E-state index contributed by atoms with van der Waals surface area (Å²) in [5.41, 5.74) is 0. The van der Waals surface area contributed by atoms with Gasteiger partial charge in [-0.1, -0.05) is 12.1 Å². The third-order valence-electron chi connectivity index (χ3n) is 1.17. The molecule has 0 radical (unpaired) electrons. The molecular formula is C8H12O6S. The van der Waals surface area contributed by atoms with Gasteiger partial charge in [-0.2, -0.15) is 8.42 Å². The molecular weight excluding hydrogens is 224 g/mol. The lowest BCUT2D eigenvalue weighted by molar-refractivity contribution is 0.318. The summed E-state index contributed by atoms with van der Waals surface area (Å²) in [7, 11) is -4.67. The standard InChI is InChI=1S/C8H10O2.H2O4S/c1-2-10-8-6-4-3-5-7(8)9;1-5(2,3)4/h3-6,9H,2H2,1H3;(H2,1,2,3,4). The van der Waals surface area contributed by atoms with E-state index in [0.717, 1.165) is 0 Å². The molecule has 0 spiro atoms. The fourth-order valence-corrected chi connectivity index (χ4v) is 0.735. The molecule has 0 unspecified atom stereocenters. The Balaban J connectivity index is 0.000000336. The fourth-order valence-electron chi connectivity index (χ4n) is 0.735. The summed E-state index contributed by atoms with van der Waals surface area (Å²) in [5.74, 6) is 0.745. The first-order chi connectivity index (χ1) is 6.84. The molecule has 1 aromatic rings. The molecule has 15 heavy (non-hydrogen) atoms. The van der Waals surface area contributed by atoms with Gasteiger partial charge in [0.1, 0.15) is 0 Å². The average Bonchev–Trinajstić information content (AvgIpc) is 2.06. The van der Waals surface area contributed by atoms with Gasteiger partial charge < -0.3 is 9.84 Å². The SMILES string of the molecule is CCOc1ccccc1O.O=S(=O)(O)O. The number of para-hydroxylation sites is 2. The molecule has 0 aliphatic rings. The molecule has 1 rings (SSSR count). The summed E-state index contributed by atoms with van der Waals surface area (Å²) in [4.78, 5) is 0. The maximum atomic E-state index is 9.12. The molecule has 0 saturated heterocycles. The van der Waals surface area contributed by atoms with Crippen molar-refractivity contribution in [2.24, 2.45) is 0 Å². The van der Waals surface area contributed by atoms with Crippen LogP contribution in [0.25, 0.3) is 0 Å². The fraction of sp³-hybridized carbons (Fsp3) is 0.250. The summed E-state index contributed by atoms with van der Waals surface area (Å²) in [6.45, 7) is 2.46. The van der Waals surface area contributed by atoms with Gasteiger partial charge in [0, 0.05) is 0 Å². The van der Waals surface area contributed by atoms with E-state index in [9.17, 15) is 0 Å². The number of benzene rings is 1. The Bertz CT molecular complexity index is 378. The van der Waals surface area contributed by atoms with E-state index in [1.165, 1.54) is 0 Å². The van der Waals surface area contributed by atoms with E-state index in [1.54, 1.807) is 18.2 Å². The van der Waals surface area contributed by atoms with Crippen LogP contribution in [0.15, 0.2) is 24.3 Å². The predicted molar refractivity (Wildman–Crippen MR) is 53.5 cm³/mol. The summed E-state index contributed by atoms with van der Waals surface area (Å²) < 4.78 is 36.7. The summed E-state index contributed by atoms with van der Waals surface area (Å²) in [6, 6.07) is 6.92. The minimum atomic E-state index is -4.67. The highest BCUT2D eigenvalue weighted by Gasteiger charge is 1.96. The highest BCUT2D eigenvalue weighted by atomic mass is 32.3. The number of hydrogen-bond donors (Lipinski definition) is 3. The maximum Gasteiger partial charge on any atom is 0.394 e. The largest absolute Gasteiger partial charge is 0.504 e. The van der Waals surface area contributed by atoms with Gasteiger partial charge in [0.2, 0.25) is 0 Å². The van der Waals surface area contributed by atoms with E-state index < -0.39 is 10.4 Å². The molecule has 0 atom stereocenters. The van der Waals surface area contributed by atoms with Gasteiger partial charge in [-0.05, 0) is 19.1 Å². The molecule has 7 heteroatoms. The topological polar surface area (TPSA) is 104 Å². The van der Waals surface area contributed by atoms with Gasteiger partial charge in [0.25, 0.3) is 0 Å². The third kappa shape index (κ3) is 9.01. The van der Waals surface area contributed by atoms with E-state index >= 15 is 0 Å². The number of phenols is 1. The van der Waals surface area contributed by atoms with E-state index in [1.807, 2.05) is 13.0 Å². The van der Waals surface area contributed by atoms with Crippen LogP contribution in [0.2, 0.25) is 0 Å². The Morgan fingerprint density at radius 3 is 2.13 bits per heavy atom. The number of rotatable bonds is 2. The Hall–Kier alpha value is -1.31. The molecule has 0 saturated carbocycles. The zero-order valence-electron chi connectivity index (χ0n) is 7.99. The third-order valence-corrected chi connectivity index (χ3v) is 1.17. The Kier molecular flexibility index (Phi) is 5.68. The van der Waals surface area contributed by atoms with E-state index in [0.29, 0.717) is 12.4 Å². The second-order valence-corrected chi connectivity index (χ2v) is 3.24. The smallest absolute Gasteiger partial charge is 0.394 e. The number of phenolic OH excluding ortho intramolecular Hbond substituents is 1. The molecule has 6 nitrogen and oxygen atoms in total. The second-order valence-electron chi connectivity index (χ2n) is 2.35. The molecule has 86 valence electrons. The van der Waals surface area contributed by atoms with Crippen molar-refractivity contribution in [3.8, 4) is 11.5 Å². The number of ether oxygens (including phenoxy) is 1. The van der Waals surface area contributed by atoms with Crippen LogP contribution in [-0.4, -0.2) is 29.2 Å². The normalized spacial score (nSPS) is 10.1. The van der Waals surface area contributed by atoms with Crippen molar-refractivity contribution in [1.29, 1.82) is 0 Å². The van der Waals surface area contributed by atoms with Crippen LogP contribution in [0.5, 0.6) is 11.5 Å². The molecule has 0 aliphatic carbocycles. The van der Waals surface area contributed by atoms with Crippen LogP contribution in [0, 0.1) is 0 Å². The maximum absolute atomic E-state index is 9.12. The highest BCUT2D eigenvalue weighted by Crippen LogP contribution is 2.23. The zero-order valence-corrected chi connectivity index (χ0v) is 8.81. The first-order valence-corrected chi connectivity index (χ1v) is 5.35. The van der Waals surface area contributed by atoms with Gasteiger partial charge in [-0.3, -0.25) is 9.11 Å². The first-order valence-electron chi connectivity index (χ1n) is 3.95. The van der Waals surface area contributed by atoms with E-state index in [4.69, 9.17) is 27.4 Å². The van der Waals surface area contributed by atoms with Gasteiger partial charge in [-0.15, -0.1) is 0 Å². The summed E-state index contributed by atoms with van der Waals surface area (Å²) in [6.07, 6.45) is 0. The molecule has 0 bridgehead atoms. The van der Waals surface area contributed by atoms with Crippen LogP contribution in [0.3, 0.4) is 0 Å². The average molecular weight is 236 g/mol. The predicted octanol–water partition coefficient (Wildman–Crippen LogP) is 1.14. The highest BCUT2D eigenvalue weighted by molar-refractivity contribution is 7.79. The van der Waals surface area contributed by atoms with Gasteiger partial charge in [-0.25, -0.2) is 0 Å². The van der Waals surface area contributed by atoms with Crippen molar-refractivity contribution >= 4 is 10.4 Å². The summed E-state index contributed by atoms with van der Waals surface area (Å²) >= 11 is 0. The molecule has 0 amide bonds. The van der Waals surface area contributed by atoms with Crippen molar-refractivity contribution in [3.05, 3.63) is 24.3 Å². The Morgan fingerprint density at radius 1 is 1.27 bits per heavy atom. The van der Waals surface area contributed by atoms with Crippen molar-refractivity contribution in [3.63, 3.8) is 0 Å². The van der Waals surface area contributed by atoms with E-state index in [2.05, 4.69) is 0 Å². The number of aromatic hydroxyl groups is 1. The minimum Gasteiger partial charge on any atom is -0.504 e. The lowest BCUT2D eigenvalue weighted by atomic mass is 10.3. The monoisotopic (exact) mass is 236 g/mol. The van der Waals surface area contributed by atoms with Crippen molar-refractivity contribution < 1.29 is 27.4 Å². The molecule has 0 heterocycles. The summed E-state index contributed by atoms with van der Waals surface area (Å²) in [5, 5.41) is 9.12. The zero-order chi connectivity index (χ0) is 11.9. The van der Waals surface area contributed by atoms with Crippen LogP contribution < -0.4 is 4.74 Å². The molecule has 0 aliphatic heterocycles. The quantitative estimate of drug-likeness (QED) is 0.665.